The van der Waals surface area contributed by atoms with Crippen LogP contribution in [0.3, 0.4) is 0 Å². The summed E-state index contributed by atoms with van der Waals surface area (Å²) in [7, 11) is 0. The van der Waals surface area contributed by atoms with Crippen LogP contribution in [0.25, 0.3) is 27.9 Å². The number of nitrogens with zero attached hydrogens (tertiary/aromatic N) is 3. The molecular formula is C23H26FN5O2. The molecule has 3 heterocycles. The molecule has 0 saturated carbocycles. The third-order valence-corrected chi connectivity index (χ3v) is 5.30. The molecule has 1 aromatic carbocycles. The van der Waals surface area contributed by atoms with Crippen molar-refractivity contribution in [3.8, 4) is 11.3 Å². The number of hydrogen-bond donors (Lipinski definition) is 2. The molecule has 0 spiro atoms. The highest BCUT2D eigenvalue weighted by Crippen LogP contribution is 2.33. The monoisotopic (exact) mass is 423 g/mol. The molecule has 3 N–H and O–H groups in total. The standard InChI is InChI=1S/C23H26FN5O2/c1-13-16(9-15(24)10-18(13)25)20-17-11-19(28-21(17)27-12-26-20)14-5-7-29(8-6-14)22(30)31-23(2,3)4/h5,9-12H,6-8,25H2,1-4H3,(H,26,27,28). The Hall–Kier alpha value is -3.42. The van der Waals surface area contributed by atoms with Crippen molar-refractivity contribution in [2.75, 3.05) is 18.8 Å². The third kappa shape index (κ3) is 4.23. The third-order valence-electron chi connectivity index (χ3n) is 5.30. The minimum absolute atomic E-state index is 0.313. The molecule has 31 heavy (non-hydrogen) atoms. The second-order valence-corrected chi connectivity index (χ2v) is 8.74. The van der Waals surface area contributed by atoms with Crippen molar-refractivity contribution in [1.29, 1.82) is 0 Å². The van der Waals surface area contributed by atoms with Gasteiger partial charge < -0.3 is 20.4 Å². The van der Waals surface area contributed by atoms with Crippen LogP contribution in [0.2, 0.25) is 0 Å². The smallest absolute Gasteiger partial charge is 0.410 e. The molecule has 0 radical (unpaired) electrons. The second kappa shape index (κ2) is 7.68. The van der Waals surface area contributed by atoms with Crippen molar-refractivity contribution < 1.29 is 13.9 Å². The van der Waals surface area contributed by atoms with E-state index in [2.05, 4.69) is 15.0 Å². The first-order valence-corrected chi connectivity index (χ1v) is 10.2. The van der Waals surface area contributed by atoms with Crippen LogP contribution < -0.4 is 5.73 Å². The number of nitrogen functional groups attached to an aromatic ring is 1. The Morgan fingerprint density at radius 3 is 2.71 bits per heavy atom. The van der Waals surface area contributed by atoms with Gasteiger partial charge in [-0.25, -0.2) is 19.2 Å². The SMILES string of the molecule is Cc1c(N)cc(F)cc1-c1ncnc2[nH]c(C3=CCN(C(=O)OC(C)(C)C)CC3)cc12. The van der Waals surface area contributed by atoms with E-state index in [4.69, 9.17) is 10.5 Å². The summed E-state index contributed by atoms with van der Waals surface area (Å²) in [5.74, 6) is -0.405. The summed E-state index contributed by atoms with van der Waals surface area (Å²) in [6, 6.07) is 4.72. The van der Waals surface area contributed by atoms with Crippen molar-refractivity contribution in [1.82, 2.24) is 19.9 Å². The number of fused-ring (bicyclic) bond motifs is 1. The average Bonchev–Trinajstić information content (AvgIpc) is 3.14. The molecule has 2 aromatic heterocycles. The summed E-state index contributed by atoms with van der Waals surface area (Å²) in [4.78, 5) is 26.0. The minimum Gasteiger partial charge on any atom is -0.444 e. The maximum atomic E-state index is 14.0. The fraction of sp³-hybridized carbons (Fsp3) is 0.348. The Bertz CT molecular complexity index is 1190. The quantitative estimate of drug-likeness (QED) is 0.584. The molecule has 0 unspecified atom stereocenters. The van der Waals surface area contributed by atoms with Crippen LogP contribution in [0.4, 0.5) is 14.9 Å². The molecule has 0 bridgehead atoms. The van der Waals surface area contributed by atoms with Gasteiger partial charge >= 0.3 is 6.09 Å². The molecule has 4 rings (SSSR count). The summed E-state index contributed by atoms with van der Waals surface area (Å²) < 4.78 is 19.5. The van der Waals surface area contributed by atoms with Gasteiger partial charge in [-0.3, -0.25) is 0 Å². The lowest BCUT2D eigenvalue weighted by molar-refractivity contribution is 0.0270. The first-order valence-electron chi connectivity index (χ1n) is 10.2. The summed E-state index contributed by atoms with van der Waals surface area (Å²) in [6.45, 7) is 8.44. The Kier molecular flexibility index (Phi) is 5.16. The van der Waals surface area contributed by atoms with Gasteiger partial charge in [0.2, 0.25) is 0 Å². The lowest BCUT2D eigenvalue weighted by Gasteiger charge is -2.29. The number of carbonyl (C=O) groups is 1. The second-order valence-electron chi connectivity index (χ2n) is 8.74. The van der Waals surface area contributed by atoms with Gasteiger partial charge in [0, 0.05) is 35.4 Å². The van der Waals surface area contributed by atoms with Gasteiger partial charge in [-0.15, -0.1) is 0 Å². The largest absolute Gasteiger partial charge is 0.444 e. The van der Waals surface area contributed by atoms with Gasteiger partial charge in [-0.05, 0) is 63.5 Å². The van der Waals surface area contributed by atoms with Crippen LogP contribution in [0, 0.1) is 12.7 Å². The zero-order valence-electron chi connectivity index (χ0n) is 18.1. The van der Waals surface area contributed by atoms with Crippen LogP contribution in [-0.4, -0.2) is 44.6 Å². The Morgan fingerprint density at radius 1 is 1.26 bits per heavy atom. The van der Waals surface area contributed by atoms with Gasteiger partial charge in [0.15, 0.2) is 0 Å². The van der Waals surface area contributed by atoms with Gasteiger partial charge in [0.25, 0.3) is 0 Å². The first kappa shape index (κ1) is 20.8. The summed E-state index contributed by atoms with van der Waals surface area (Å²) >= 11 is 0. The summed E-state index contributed by atoms with van der Waals surface area (Å²) in [5, 5.41) is 0.793. The zero-order valence-corrected chi connectivity index (χ0v) is 18.1. The maximum Gasteiger partial charge on any atom is 0.410 e. The van der Waals surface area contributed by atoms with E-state index in [9.17, 15) is 9.18 Å². The topological polar surface area (TPSA) is 97.1 Å². The number of nitrogens with one attached hydrogen (secondary N) is 1. The Morgan fingerprint density at radius 2 is 2.03 bits per heavy atom. The lowest BCUT2D eigenvalue weighted by atomic mass is 10.0. The zero-order chi connectivity index (χ0) is 22.3. The maximum absolute atomic E-state index is 14.0. The van der Waals surface area contributed by atoms with E-state index in [1.54, 1.807) is 4.90 Å². The van der Waals surface area contributed by atoms with Crippen LogP contribution in [0.1, 0.15) is 38.4 Å². The average molecular weight is 423 g/mol. The number of amides is 1. The van der Waals surface area contributed by atoms with Gasteiger partial charge in [-0.2, -0.15) is 0 Å². The van der Waals surface area contributed by atoms with Gasteiger partial charge in [0.1, 0.15) is 23.4 Å². The molecule has 8 heteroatoms. The number of carbonyl (C=O) groups excluding carboxylic acids is 1. The molecular weight excluding hydrogens is 397 g/mol. The van der Waals surface area contributed by atoms with Crippen LogP contribution in [0.5, 0.6) is 0 Å². The van der Waals surface area contributed by atoms with Crippen molar-refractivity contribution in [2.24, 2.45) is 0 Å². The number of nitrogens with two attached hydrogens (primary N) is 1. The summed E-state index contributed by atoms with van der Waals surface area (Å²) in [5.41, 5.74) is 10.5. The van der Waals surface area contributed by atoms with Crippen molar-refractivity contribution in [3.63, 3.8) is 0 Å². The molecule has 0 atom stereocenters. The molecule has 1 amide bonds. The molecule has 1 aliphatic rings. The van der Waals surface area contributed by atoms with Gasteiger partial charge in [-0.1, -0.05) is 6.08 Å². The fourth-order valence-electron chi connectivity index (χ4n) is 3.68. The molecule has 0 fully saturated rings. The fourth-order valence-corrected chi connectivity index (χ4v) is 3.68. The molecule has 0 saturated heterocycles. The first-order chi connectivity index (χ1) is 14.6. The molecule has 162 valence electrons. The van der Waals surface area contributed by atoms with E-state index < -0.39 is 11.4 Å². The lowest BCUT2D eigenvalue weighted by Crippen LogP contribution is -2.39. The van der Waals surface area contributed by atoms with Crippen molar-refractivity contribution >= 4 is 28.4 Å². The predicted octanol–water partition coefficient (Wildman–Crippen LogP) is 4.68. The number of aromatic nitrogens is 3. The normalized spacial score (nSPS) is 14.6. The predicted molar refractivity (Wildman–Crippen MR) is 119 cm³/mol. The van der Waals surface area contributed by atoms with E-state index in [0.29, 0.717) is 42.1 Å². The van der Waals surface area contributed by atoms with Gasteiger partial charge in [0.05, 0.1) is 5.69 Å². The summed E-state index contributed by atoms with van der Waals surface area (Å²) in [6.07, 6.45) is 3.84. The van der Waals surface area contributed by atoms with E-state index in [1.807, 2.05) is 39.8 Å². The van der Waals surface area contributed by atoms with Crippen LogP contribution in [0.15, 0.2) is 30.6 Å². The van der Waals surface area contributed by atoms with Crippen LogP contribution >= 0.6 is 0 Å². The number of anilines is 1. The number of H-pyrrole nitrogens is 1. The highest BCUT2D eigenvalue weighted by atomic mass is 19.1. The highest BCUT2D eigenvalue weighted by molar-refractivity contribution is 5.94. The molecule has 1 aliphatic heterocycles. The van der Waals surface area contributed by atoms with E-state index >= 15 is 0 Å². The van der Waals surface area contributed by atoms with Crippen LogP contribution in [-0.2, 0) is 4.74 Å². The number of ether oxygens (including phenoxy) is 1. The number of halogens is 1. The number of aromatic amines is 1. The molecule has 0 aliphatic carbocycles. The molecule has 7 nitrogen and oxygen atoms in total. The molecule has 3 aromatic rings. The Balaban J connectivity index is 1.65. The number of hydrogen-bond acceptors (Lipinski definition) is 5. The van der Waals surface area contributed by atoms with Crippen molar-refractivity contribution in [2.45, 2.75) is 39.7 Å². The Labute approximate surface area is 180 Å². The minimum atomic E-state index is -0.522. The number of benzene rings is 1. The highest BCUT2D eigenvalue weighted by Gasteiger charge is 2.24. The van der Waals surface area contributed by atoms with E-state index in [1.165, 1.54) is 18.5 Å². The number of rotatable bonds is 2. The van der Waals surface area contributed by atoms with Crippen molar-refractivity contribution in [3.05, 3.63) is 47.7 Å². The van der Waals surface area contributed by atoms with E-state index in [0.717, 1.165) is 22.2 Å². The van der Waals surface area contributed by atoms with E-state index in [-0.39, 0.29) is 6.09 Å².